The van der Waals surface area contributed by atoms with E-state index >= 15 is 0 Å². The third kappa shape index (κ3) is 0.789. The van der Waals surface area contributed by atoms with Crippen LogP contribution in [-0.2, 0) is 6.42 Å². The first-order valence-electron chi connectivity index (χ1n) is 4.69. The van der Waals surface area contributed by atoms with E-state index in [1.165, 1.54) is 11.3 Å². The molecule has 0 spiro atoms. The second kappa shape index (κ2) is 2.38. The monoisotopic (exact) mass is 185 g/mol. The second-order valence-corrected chi connectivity index (χ2v) is 3.66. The van der Waals surface area contributed by atoms with Crippen molar-refractivity contribution in [2.75, 3.05) is 5.73 Å². The van der Waals surface area contributed by atoms with E-state index in [2.05, 4.69) is 17.2 Å². The van der Waals surface area contributed by atoms with E-state index in [1.54, 1.807) is 0 Å². The quantitative estimate of drug-likeness (QED) is 0.579. The summed E-state index contributed by atoms with van der Waals surface area (Å²) in [5.41, 5.74) is 11.3. The van der Waals surface area contributed by atoms with Gasteiger partial charge in [0.25, 0.3) is 0 Å². The van der Waals surface area contributed by atoms with Gasteiger partial charge in [0.2, 0.25) is 0 Å². The van der Waals surface area contributed by atoms with Gasteiger partial charge in [-0.05, 0) is 18.6 Å². The van der Waals surface area contributed by atoms with Crippen molar-refractivity contribution in [3.63, 3.8) is 0 Å². The average molecular weight is 185 g/mol. The fourth-order valence-electron chi connectivity index (χ4n) is 2.00. The summed E-state index contributed by atoms with van der Waals surface area (Å²) in [6, 6.07) is 8.28. The number of para-hydroxylation sites is 1. The van der Waals surface area contributed by atoms with Crippen molar-refractivity contribution in [1.82, 2.24) is 9.78 Å². The van der Waals surface area contributed by atoms with Crippen LogP contribution in [0, 0.1) is 6.92 Å². The number of nitrogen functional groups attached to an aromatic ring is 1. The van der Waals surface area contributed by atoms with Crippen LogP contribution < -0.4 is 5.73 Å². The van der Waals surface area contributed by atoms with Gasteiger partial charge in [0, 0.05) is 6.42 Å². The Morgan fingerprint density at radius 3 is 3.00 bits per heavy atom. The largest absolute Gasteiger partial charge is 0.396 e. The predicted octanol–water partition coefficient (Wildman–Crippen LogP) is 1.67. The minimum Gasteiger partial charge on any atom is -0.396 e. The maximum atomic E-state index is 5.95. The summed E-state index contributed by atoms with van der Waals surface area (Å²) in [4.78, 5) is 0. The molecule has 0 unspecified atom stereocenters. The molecular weight excluding hydrogens is 174 g/mol. The van der Waals surface area contributed by atoms with Gasteiger partial charge in [-0.25, -0.2) is 4.68 Å². The summed E-state index contributed by atoms with van der Waals surface area (Å²) >= 11 is 0. The van der Waals surface area contributed by atoms with Gasteiger partial charge in [-0.3, -0.25) is 0 Å². The molecule has 14 heavy (non-hydrogen) atoms. The number of hydrogen-bond donors (Lipinski definition) is 1. The van der Waals surface area contributed by atoms with Gasteiger partial charge in [0.1, 0.15) is 0 Å². The molecule has 0 saturated carbocycles. The van der Waals surface area contributed by atoms with E-state index in [-0.39, 0.29) is 0 Å². The maximum absolute atomic E-state index is 5.95. The molecular formula is C11H11N3. The van der Waals surface area contributed by atoms with Crippen LogP contribution in [0.4, 0.5) is 5.69 Å². The van der Waals surface area contributed by atoms with Crippen molar-refractivity contribution in [3.8, 4) is 5.69 Å². The minimum absolute atomic E-state index is 0.834. The Kier molecular flexibility index (Phi) is 1.29. The number of anilines is 1. The number of aryl methyl sites for hydroxylation is 1. The lowest BCUT2D eigenvalue weighted by Gasteiger charge is -1.98. The number of hydrogen-bond acceptors (Lipinski definition) is 2. The number of benzene rings is 1. The number of aromatic nitrogens is 2. The van der Waals surface area contributed by atoms with Crippen molar-refractivity contribution in [3.05, 3.63) is 41.2 Å². The number of nitrogens with two attached hydrogens (primary N) is 1. The molecule has 3 rings (SSSR count). The van der Waals surface area contributed by atoms with Gasteiger partial charge < -0.3 is 5.73 Å². The summed E-state index contributed by atoms with van der Waals surface area (Å²) in [6.07, 6.45) is 0.906. The van der Waals surface area contributed by atoms with E-state index in [0.29, 0.717) is 0 Å². The maximum Gasteiger partial charge on any atom is 0.0830 e. The third-order valence-corrected chi connectivity index (χ3v) is 2.78. The first kappa shape index (κ1) is 7.62. The van der Waals surface area contributed by atoms with Crippen molar-refractivity contribution < 1.29 is 0 Å². The molecule has 1 aromatic carbocycles. The second-order valence-electron chi connectivity index (χ2n) is 3.66. The molecule has 0 bridgehead atoms. The molecule has 2 N–H and O–H groups in total. The molecule has 1 aliphatic rings. The first-order valence-corrected chi connectivity index (χ1v) is 4.69. The zero-order chi connectivity index (χ0) is 9.71. The lowest BCUT2D eigenvalue weighted by atomic mass is 10.1. The zero-order valence-electron chi connectivity index (χ0n) is 7.99. The van der Waals surface area contributed by atoms with Crippen LogP contribution in [0.3, 0.4) is 0 Å². The van der Waals surface area contributed by atoms with Crippen molar-refractivity contribution in [1.29, 1.82) is 0 Å². The molecule has 3 nitrogen and oxygen atoms in total. The number of fused-ring (bicyclic) bond motifs is 3. The summed E-state index contributed by atoms with van der Waals surface area (Å²) in [7, 11) is 0. The number of rotatable bonds is 0. The lowest BCUT2D eigenvalue weighted by Crippen LogP contribution is -1.94. The molecule has 0 amide bonds. The van der Waals surface area contributed by atoms with Crippen LogP contribution in [0.1, 0.15) is 17.0 Å². The normalized spacial score (nSPS) is 12.6. The van der Waals surface area contributed by atoms with Crippen LogP contribution in [0.2, 0.25) is 0 Å². The van der Waals surface area contributed by atoms with Crippen molar-refractivity contribution in [2.24, 2.45) is 0 Å². The Morgan fingerprint density at radius 1 is 1.36 bits per heavy atom. The molecule has 0 aliphatic carbocycles. The van der Waals surface area contributed by atoms with E-state index in [4.69, 9.17) is 5.73 Å². The molecule has 0 atom stereocenters. The predicted molar refractivity (Wildman–Crippen MR) is 55.5 cm³/mol. The van der Waals surface area contributed by atoms with E-state index in [9.17, 15) is 0 Å². The van der Waals surface area contributed by atoms with Gasteiger partial charge in [-0.2, -0.15) is 5.10 Å². The molecule has 2 heterocycles. The van der Waals surface area contributed by atoms with Crippen LogP contribution in [0.25, 0.3) is 5.69 Å². The Labute approximate surface area is 82.2 Å². The summed E-state index contributed by atoms with van der Waals surface area (Å²) in [5, 5.41) is 4.42. The van der Waals surface area contributed by atoms with Gasteiger partial charge in [0.05, 0.1) is 22.8 Å². The fraction of sp³-hybridized carbons (Fsp3) is 0.182. The SMILES string of the molecule is Cc1nn2c(c1N)Cc1ccccc1-2. The van der Waals surface area contributed by atoms with E-state index < -0.39 is 0 Å². The molecule has 2 aromatic rings. The van der Waals surface area contributed by atoms with Crippen LogP contribution in [0.15, 0.2) is 24.3 Å². The Morgan fingerprint density at radius 2 is 2.14 bits per heavy atom. The van der Waals surface area contributed by atoms with E-state index in [0.717, 1.165) is 23.5 Å². The van der Waals surface area contributed by atoms with E-state index in [1.807, 2.05) is 23.7 Å². The average Bonchev–Trinajstić information content (AvgIpc) is 2.67. The summed E-state index contributed by atoms with van der Waals surface area (Å²) < 4.78 is 1.96. The molecule has 1 aliphatic heterocycles. The highest BCUT2D eigenvalue weighted by Gasteiger charge is 2.22. The van der Waals surface area contributed by atoms with Crippen molar-refractivity contribution >= 4 is 5.69 Å². The minimum atomic E-state index is 0.834. The highest BCUT2D eigenvalue weighted by atomic mass is 15.3. The summed E-state index contributed by atoms with van der Waals surface area (Å²) in [6.45, 7) is 1.95. The molecule has 0 fully saturated rings. The topological polar surface area (TPSA) is 43.8 Å². The third-order valence-electron chi connectivity index (χ3n) is 2.78. The van der Waals surface area contributed by atoms with Crippen LogP contribution in [-0.4, -0.2) is 9.78 Å². The Balaban J connectivity index is 2.31. The smallest absolute Gasteiger partial charge is 0.0830 e. The molecule has 3 heteroatoms. The zero-order valence-corrected chi connectivity index (χ0v) is 7.99. The summed E-state index contributed by atoms with van der Waals surface area (Å²) in [5.74, 6) is 0. The van der Waals surface area contributed by atoms with Gasteiger partial charge in [-0.1, -0.05) is 18.2 Å². The standard InChI is InChI=1S/C11H11N3/c1-7-11(12)10-6-8-4-2-3-5-9(8)14(10)13-7/h2-5H,6,12H2,1H3. The van der Waals surface area contributed by atoms with Gasteiger partial charge >= 0.3 is 0 Å². The lowest BCUT2D eigenvalue weighted by molar-refractivity contribution is 0.855. The highest BCUT2D eigenvalue weighted by molar-refractivity contribution is 5.59. The first-order chi connectivity index (χ1) is 6.77. The molecule has 1 aromatic heterocycles. The Hall–Kier alpha value is -1.77. The molecule has 0 radical (unpaired) electrons. The van der Waals surface area contributed by atoms with Gasteiger partial charge in [0.15, 0.2) is 0 Å². The van der Waals surface area contributed by atoms with Crippen LogP contribution in [0.5, 0.6) is 0 Å². The van der Waals surface area contributed by atoms with Crippen LogP contribution >= 0.6 is 0 Å². The van der Waals surface area contributed by atoms with Gasteiger partial charge in [-0.15, -0.1) is 0 Å². The molecule has 70 valence electrons. The van der Waals surface area contributed by atoms with Crippen molar-refractivity contribution in [2.45, 2.75) is 13.3 Å². The highest BCUT2D eigenvalue weighted by Crippen LogP contribution is 2.31. The fourth-order valence-corrected chi connectivity index (χ4v) is 2.00. The number of nitrogens with zero attached hydrogens (tertiary/aromatic N) is 2. The molecule has 0 saturated heterocycles. The Bertz CT molecular complexity index is 511.